The predicted octanol–water partition coefficient (Wildman–Crippen LogP) is 1.93. The molecule has 104 valence electrons. The van der Waals surface area contributed by atoms with Gasteiger partial charge in [-0.2, -0.15) is 0 Å². The Morgan fingerprint density at radius 2 is 2.15 bits per heavy atom. The van der Waals surface area contributed by atoms with Crippen molar-refractivity contribution < 1.29 is 14.1 Å². The van der Waals surface area contributed by atoms with Crippen LogP contribution in [0.25, 0.3) is 0 Å². The molecule has 0 amide bonds. The minimum atomic E-state index is -1.21. The summed E-state index contributed by atoms with van der Waals surface area (Å²) in [5.74, 6) is -0.615. The molecule has 0 saturated carbocycles. The van der Waals surface area contributed by atoms with Crippen LogP contribution in [0.4, 0.5) is 0 Å². The van der Waals surface area contributed by atoms with Gasteiger partial charge in [-0.25, -0.2) is 14.8 Å². The summed E-state index contributed by atoms with van der Waals surface area (Å²) in [5, 5.41) is 9.03. The molecule has 1 atom stereocenters. The number of carboxylic acid groups (broad SMARTS) is 1. The largest absolute Gasteiger partial charge is 0.478 e. The average Bonchev–Trinajstić information content (AvgIpc) is 2.38. The van der Waals surface area contributed by atoms with Crippen LogP contribution in [0.1, 0.15) is 27.2 Å². The van der Waals surface area contributed by atoms with Gasteiger partial charge in [0, 0.05) is 22.7 Å². The lowest BCUT2D eigenvalue weighted by molar-refractivity contribution is 0.0695. The van der Waals surface area contributed by atoms with Gasteiger partial charge in [-0.1, -0.05) is 29.8 Å². The van der Waals surface area contributed by atoms with Crippen molar-refractivity contribution in [2.75, 3.05) is 0 Å². The van der Waals surface area contributed by atoms with Gasteiger partial charge >= 0.3 is 5.97 Å². The molecule has 1 aromatic carbocycles. The van der Waals surface area contributed by atoms with E-state index in [4.69, 9.17) is 5.11 Å². The van der Waals surface area contributed by atoms with Crippen LogP contribution in [0.2, 0.25) is 0 Å². The number of hydrogen-bond donors (Lipinski definition) is 1. The van der Waals surface area contributed by atoms with Crippen molar-refractivity contribution in [1.82, 2.24) is 9.97 Å². The van der Waals surface area contributed by atoms with Crippen LogP contribution in [-0.2, 0) is 22.3 Å². The summed E-state index contributed by atoms with van der Waals surface area (Å²) in [6.07, 6.45) is 2.50. The molecule has 0 aliphatic heterocycles. The Morgan fingerprint density at radius 1 is 1.35 bits per heavy atom. The molecule has 20 heavy (non-hydrogen) atoms. The average molecular weight is 290 g/mol. The third-order valence-corrected chi connectivity index (χ3v) is 3.98. The Labute approximate surface area is 119 Å². The number of rotatable bonds is 5. The van der Waals surface area contributed by atoms with Crippen molar-refractivity contribution in [3.8, 4) is 0 Å². The fourth-order valence-electron chi connectivity index (χ4n) is 1.84. The second-order valence-corrected chi connectivity index (χ2v) is 5.86. The fraction of sp³-hybridized carbons (Fsp3) is 0.214. The molecule has 1 N–H and O–H groups in total. The topological polar surface area (TPSA) is 80.2 Å². The summed E-state index contributed by atoms with van der Waals surface area (Å²) in [5.41, 5.74) is 2.38. The van der Waals surface area contributed by atoms with E-state index in [0.29, 0.717) is 11.4 Å². The summed E-state index contributed by atoms with van der Waals surface area (Å²) in [4.78, 5) is 18.6. The van der Waals surface area contributed by atoms with Crippen molar-refractivity contribution in [2.24, 2.45) is 0 Å². The van der Waals surface area contributed by atoms with Crippen molar-refractivity contribution >= 4 is 16.8 Å². The van der Waals surface area contributed by atoms with E-state index in [-0.39, 0.29) is 11.3 Å². The molecule has 0 bridgehead atoms. The second-order valence-electron chi connectivity index (χ2n) is 4.41. The van der Waals surface area contributed by atoms with Crippen LogP contribution in [0.5, 0.6) is 0 Å². The smallest absolute Gasteiger partial charge is 0.339 e. The monoisotopic (exact) mass is 290 g/mol. The molecule has 6 heteroatoms. The van der Waals surface area contributed by atoms with Crippen LogP contribution in [0.3, 0.4) is 0 Å². The fourth-order valence-corrected chi connectivity index (χ4v) is 3.03. The highest BCUT2D eigenvalue weighted by Crippen LogP contribution is 2.12. The van der Waals surface area contributed by atoms with E-state index in [2.05, 4.69) is 9.97 Å². The zero-order valence-electron chi connectivity index (χ0n) is 10.9. The minimum absolute atomic E-state index is 0.00472. The molecule has 0 spiro atoms. The van der Waals surface area contributed by atoms with Gasteiger partial charge < -0.3 is 5.11 Å². The molecular weight excluding hydrogens is 276 g/mol. The number of aryl methyl sites for hydroxylation is 1. The highest BCUT2D eigenvalue weighted by molar-refractivity contribution is 7.83. The first-order valence-corrected chi connectivity index (χ1v) is 7.48. The molecule has 1 aromatic heterocycles. The van der Waals surface area contributed by atoms with Gasteiger partial charge in [0.15, 0.2) is 0 Å². The van der Waals surface area contributed by atoms with Gasteiger partial charge in [0.25, 0.3) is 0 Å². The number of hydrogen-bond acceptors (Lipinski definition) is 4. The Balaban J connectivity index is 2.11. The van der Waals surface area contributed by atoms with E-state index in [1.54, 1.807) is 0 Å². The number of aromatic nitrogens is 2. The maximum atomic E-state index is 12.1. The first-order chi connectivity index (χ1) is 9.56. The van der Waals surface area contributed by atoms with Gasteiger partial charge in [0.05, 0.1) is 11.4 Å². The predicted molar refractivity (Wildman–Crippen MR) is 75.7 cm³/mol. The molecular formula is C14H14N2O3S. The second kappa shape index (κ2) is 6.38. The molecule has 0 aliphatic rings. The first kappa shape index (κ1) is 14.3. The standard InChI is InChI=1S/C14H14N2O3S/c1-10-3-2-4-11(5-10)7-20(19)8-13-12(14(17)18)6-15-9-16-13/h2-6,9H,7-8H2,1H3,(H,17,18). The van der Waals surface area contributed by atoms with Gasteiger partial charge in [-0.3, -0.25) is 4.21 Å². The molecule has 0 radical (unpaired) electrons. The zero-order chi connectivity index (χ0) is 14.5. The quantitative estimate of drug-likeness (QED) is 0.910. The van der Waals surface area contributed by atoms with E-state index in [9.17, 15) is 9.00 Å². The zero-order valence-corrected chi connectivity index (χ0v) is 11.8. The third kappa shape index (κ3) is 3.71. The molecule has 0 aliphatic carbocycles. The van der Waals surface area contributed by atoms with Gasteiger partial charge in [0.1, 0.15) is 11.9 Å². The van der Waals surface area contributed by atoms with Crippen molar-refractivity contribution in [2.45, 2.75) is 18.4 Å². The van der Waals surface area contributed by atoms with Crippen LogP contribution in [0, 0.1) is 6.92 Å². The number of nitrogens with zero attached hydrogens (tertiary/aromatic N) is 2. The third-order valence-electron chi connectivity index (χ3n) is 2.73. The summed E-state index contributed by atoms with van der Waals surface area (Å²) >= 11 is 0. The number of carbonyl (C=O) groups is 1. The maximum Gasteiger partial charge on any atom is 0.339 e. The van der Waals surface area contributed by atoms with Crippen molar-refractivity contribution in [3.05, 3.63) is 59.2 Å². The highest BCUT2D eigenvalue weighted by Gasteiger charge is 2.14. The van der Waals surface area contributed by atoms with Gasteiger partial charge in [-0.15, -0.1) is 0 Å². The first-order valence-electron chi connectivity index (χ1n) is 5.99. The minimum Gasteiger partial charge on any atom is -0.478 e. The molecule has 5 nitrogen and oxygen atoms in total. The lowest BCUT2D eigenvalue weighted by Gasteiger charge is -2.05. The number of benzene rings is 1. The SMILES string of the molecule is Cc1cccc(CS(=O)Cc2ncncc2C(=O)O)c1. The molecule has 2 aromatic rings. The Hall–Kier alpha value is -2.08. The Bertz CT molecular complexity index is 658. The number of carboxylic acids is 1. The van der Waals surface area contributed by atoms with E-state index >= 15 is 0 Å². The normalized spacial score (nSPS) is 12.1. The molecule has 1 unspecified atom stereocenters. The highest BCUT2D eigenvalue weighted by atomic mass is 32.2. The number of aromatic carboxylic acids is 1. The van der Waals surface area contributed by atoms with Crippen molar-refractivity contribution in [3.63, 3.8) is 0 Å². The maximum absolute atomic E-state index is 12.1. The molecule has 0 fully saturated rings. The lowest BCUT2D eigenvalue weighted by Crippen LogP contribution is -2.09. The van der Waals surface area contributed by atoms with Crippen LogP contribution >= 0.6 is 0 Å². The summed E-state index contributed by atoms with van der Waals surface area (Å²) in [6.45, 7) is 1.97. The molecule has 1 heterocycles. The Morgan fingerprint density at radius 3 is 2.85 bits per heavy atom. The van der Waals surface area contributed by atoms with Crippen molar-refractivity contribution in [1.29, 1.82) is 0 Å². The van der Waals surface area contributed by atoms with Crippen LogP contribution in [0.15, 0.2) is 36.8 Å². The van der Waals surface area contributed by atoms with E-state index in [0.717, 1.165) is 11.1 Å². The van der Waals surface area contributed by atoms with E-state index in [1.165, 1.54) is 12.5 Å². The summed E-state index contributed by atoms with van der Waals surface area (Å²) in [6, 6.07) is 7.76. The Kier molecular flexibility index (Phi) is 4.57. The van der Waals surface area contributed by atoms with Gasteiger partial charge in [-0.05, 0) is 12.5 Å². The summed E-state index contributed by atoms with van der Waals surface area (Å²) in [7, 11) is -1.21. The van der Waals surface area contributed by atoms with E-state index in [1.807, 2.05) is 31.2 Å². The van der Waals surface area contributed by atoms with Crippen LogP contribution < -0.4 is 0 Å². The van der Waals surface area contributed by atoms with Gasteiger partial charge in [0.2, 0.25) is 0 Å². The molecule has 0 saturated heterocycles. The van der Waals surface area contributed by atoms with E-state index < -0.39 is 16.8 Å². The van der Waals surface area contributed by atoms with Crippen LogP contribution in [-0.4, -0.2) is 25.3 Å². The summed E-state index contributed by atoms with van der Waals surface area (Å²) < 4.78 is 12.1. The lowest BCUT2D eigenvalue weighted by atomic mass is 10.2. The molecule has 2 rings (SSSR count).